The standard InChI is InChI=1S/C15H22N2O2.C2H6/c1-12-7-9-13(10-8-12)15(19)17-11-5-3-4-6-14(18)16-2;1-2/h7-10H,3-6,11H2,1-2H3,(H,16,18)(H,17,19);1-2H3. The molecule has 2 amide bonds. The molecule has 0 radical (unpaired) electrons. The number of hydrogen-bond acceptors (Lipinski definition) is 2. The van der Waals surface area contributed by atoms with Gasteiger partial charge in [0, 0.05) is 25.6 Å². The highest BCUT2D eigenvalue weighted by atomic mass is 16.2. The van der Waals surface area contributed by atoms with Crippen molar-refractivity contribution >= 4 is 11.8 Å². The third kappa shape index (κ3) is 8.84. The van der Waals surface area contributed by atoms with Crippen molar-refractivity contribution in [2.45, 2.75) is 46.5 Å². The molecule has 1 aromatic rings. The first kappa shape index (κ1) is 19.2. The minimum absolute atomic E-state index is 0.0358. The summed E-state index contributed by atoms with van der Waals surface area (Å²) < 4.78 is 0. The first-order valence-corrected chi connectivity index (χ1v) is 7.69. The molecule has 118 valence electrons. The minimum atomic E-state index is -0.0358. The van der Waals surface area contributed by atoms with E-state index in [1.165, 1.54) is 0 Å². The van der Waals surface area contributed by atoms with E-state index in [1.807, 2.05) is 45.0 Å². The van der Waals surface area contributed by atoms with Gasteiger partial charge in [0.1, 0.15) is 0 Å². The van der Waals surface area contributed by atoms with Gasteiger partial charge in [-0.05, 0) is 31.9 Å². The number of rotatable bonds is 7. The van der Waals surface area contributed by atoms with Crippen molar-refractivity contribution < 1.29 is 9.59 Å². The Balaban J connectivity index is 0.00000191. The Bertz CT molecular complexity index is 413. The lowest BCUT2D eigenvalue weighted by atomic mass is 10.1. The molecule has 0 unspecified atom stereocenters. The van der Waals surface area contributed by atoms with Gasteiger partial charge >= 0.3 is 0 Å². The zero-order chi connectivity index (χ0) is 16.1. The Morgan fingerprint density at radius 2 is 1.62 bits per heavy atom. The number of amides is 2. The average Bonchev–Trinajstić information content (AvgIpc) is 2.52. The fourth-order valence-electron chi connectivity index (χ4n) is 1.72. The topological polar surface area (TPSA) is 58.2 Å². The Labute approximate surface area is 128 Å². The maximum atomic E-state index is 11.8. The van der Waals surface area contributed by atoms with Crippen LogP contribution in [0, 0.1) is 6.92 Å². The molecule has 0 bridgehead atoms. The normalized spacial score (nSPS) is 9.33. The first-order chi connectivity index (χ1) is 10.1. The van der Waals surface area contributed by atoms with Crippen LogP contribution in [0.2, 0.25) is 0 Å². The zero-order valence-corrected chi connectivity index (χ0v) is 13.7. The molecular formula is C17H28N2O2. The highest BCUT2D eigenvalue weighted by molar-refractivity contribution is 5.94. The highest BCUT2D eigenvalue weighted by Crippen LogP contribution is 2.03. The molecule has 1 aromatic carbocycles. The van der Waals surface area contributed by atoms with E-state index in [1.54, 1.807) is 7.05 Å². The van der Waals surface area contributed by atoms with Crippen LogP contribution in [0.15, 0.2) is 24.3 Å². The second-order valence-corrected chi connectivity index (χ2v) is 4.61. The van der Waals surface area contributed by atoms with Crippen LogP contribution in [0.4, 0.5) is 0 Å². The van der Waals surface area contributed by atoms with Gasteiger partial charge in [0.25, 0.3) is 5.91 Å². The fourth-order valence-corrected chi connectivity index (χ4v) is 1.72. The van der Waals surface area contributed by atoms with Crippen LogP contribution in [0.1, 0.15) is 55.5 Å². The summed E-state index contributed by atoms with van der Waals surface area (Å²) in [6.45, 7) is 6.65. The SMILES string of the molecule is CC.CNC(=O)CCCCCNC(=O)c1ccc(C)cc1. The third-order valence-corrected chi connectivity index (χ3v) is 2.96. The van der Waals surface area contributed by atoms with Crippen molar-refractivity contribution in [1.29, 1.82) is 0 Å². The molecule has 0 aliphatic heterocycles. The van der Waals surface area contributed by atoms with Crippen LogP contribution >= 0.6 is 0 Å². The Morgan fingerprint density at radius 3 is 2.19 bits per heavy atom. The van der Waals surface area contributed by atoms with E-state index >= 15 is 0 Å². The van der Waals surface area contributed by atoms with E-state index in [4.69, 9.17) is 0 Å². The van der Waals surface area contributed by atoms with Crippen molar-refractivity contribution in [3.8, 4) is 0 Å². The molecule has 0 aliphatic rings. The van der Waals surface area contributed by atoms with Crippen LogP contribution in [0.25, 0.3) is 0 Å². The van der Waals surface area contributed by atoms with Crippen molar-refractivity contribution in [2.24, 2.45) is 0 Å². The molecule has 0 saturated carbocycles. The molecule has 0 atom stereocenters. The fraction of sp³-hybridized carbons (Fsp3) is 0.529. The van der Waals surface area contributed by atoms with Gasteiger partial charge in [-0.15, -0.1) is 0 Å². The quantitative estimate of drug-likeness (QED) is 0.759. The summed E-state index contributed by atoms with van der Waals surface area (Å²) in [6, 6.07) is 7.52. The van der Waals surface area contributed by atoms with Crippen molar-refractivity contribution in [3.63, 3.8) is 0 Å². The summed E-state index contributed by atoms with van der Waals surface area (Å²) in [4.78, 5) is 22.8. The zero-order valence-electron chi connectivity index (χ0n) is 13.7. The first-order valence-electron chi connectivity index (χ1n) is 7.69. The van der Waals surface area contributed by atoms with Gasteiger partial charge in [-0.1, -0.05) is 38.0 Å². The monoisotopic (exact) mass is 292 g/mol. The molecule has 1 rings (SSSR count). The third-order valence-electron chi connectivity index (χ3n) is 2.96. The van der Waals surface area contributed by atoms with Crippen LogP contribution < -0.4 is 10.6 Å². The highest BCUT2D eigenvalue weighted by Gasteiger charge is 2.03. The largest absolute Gasteiger partial charge is 0.359 e. The lowest BCUT2D eigenvalue weighted by Crippen LogP contribution is -2.24. The molecule has 0 fully saturated rings. The molecule has 2 N–H and O–H groups in total. The maximum Gasteiger partial charge on any atom is 0.251 e. The van der Waals surface area contributed by atoms with E-state index in [9.17, 15) is 9.59 Å². The van der Waals surface area contributed by atoms with E-state index in [2.05, 4.69) is 10.6 Å². The van der Waals surface area contributed by atoms with Gasteiger partial charge < -0.3 is 10.6 Å². The van der Waals surface area contributed by atoms with Crippen LogP contribution in [-0.4, -0.2) is 25.4 Å². The van der Waals surface area contributed by atoms with Gasteiger partial charge in [0.15, 0.2) is 0 Å². The number of hydrogen-bond donors (Lipinski definition) is 2. The maximum absolute atomic E-state index is 11.8. The van der Waals surface area contributed by atoms with Gasteiger partial charge in [-0.2, -0.15) is 0 Å². The minimum Gasteiger partial charge on any atom is -0.359 e. The second kappa shape index (κ2) is 11.9. The molecule has 0 heterocycles. The number of unbranched alkanes of at least 4 members (excludes halogenated alkanes) is 2. The van der Waals surface area contributed by atoms with Crippen molar-refractivity contribution in [1.82, 2.24) is 10.6 Å². The predicted molar refractivity (Wildman–Crippen MR) is 87.4 cm³/mol. The number of carbonyl (C=O) groups is 2. The van der Waals surface area contributed by atoms with Gasteiger partial charge in [0.05, 0.1) is 0 Å². The lowest BCUT2D eigenvalue weighted by Gasteiger charge is -2.05. The summed E-state index contributed by atoms with van der Waals surface area (Å²) in [5.41, 5.74) is 1.83. The predicted octanol–water partition coefficient (Wildman–Crippen LogP) is 3.06. The molecule has 0 spiro atoms. The summed E-state index contributed by atoms with van der Waals surface area (Å²) >= 11 is 0. The smallest absolute Gasteiger partial charge is 0.251 e. The van der Waals surface area contributed by atoms with Crippen LogP contribution in [0.5, 0.6) is 0 Å². The number of nitrogens with one attached hydrogen (secondary N) is 2. The van der Waals surface area contributed by atoms with E-state index in [0.717, 1.165) is 24.8 Å². The summed E-state index contributed by atoms with van der Waals surface area (Å²) in [5.74, 6) is 0.0370. The number of benzene rings is 1. The van der Waals surface area contributed by atoms with Crippen LogP contribution in [-0.2, 0) is 4.79 Å². The van der Waals surface area contributed by atoms with Crippen molar-refractivity contribution in [2.75, 3.05) is 13.6 Å². The summed E-state index contributed by atoms with van der Waals surface area (Å²) in [6.07, 6.45) is 3.26. The van der Waals surface area contributed by atoms with Gasteiger partial charge in [-0.25, -0.2) is 0 Å². The van der Waals surface area contributed by atoms with Crippen LogP contribution in [0.3, 0.4) is 0 Å². The number of aryl methyl sites for hydroxylation is 1. The second-order valence-electron chi connectivity index (χ2n) is 4.61. The van der Waals surface area contributed by atoms with E-state index in [0.29, 0.717) is 18.5 Å². The Kier molecular flexibility index (Phi) is 10.9. The lowest BCUT2D eigenvalue weighted by molar-refractivity contribution is -0.120. The molecule has 0 aliphatic carbocycles. The Morgan fingerprint density at radius 1 is 1.00 bits per heavy atom. The number of carbonyl (C=O) groups excluding carboxylic acids is 2. The summed E-state index contributed by atoms with van der Waals surface area (Å²) in [7, 11) is 1.64. The summed E-state index contributed by atoms with van der Waals surface area (Å²) in [5, 5.41) is 5.47. The molecule has 4 heteroatoms. The van der Waals surface area contributed by atoms with Crippen molar-refractivity contribution in [3.05, 3.63) is 35.4 Å². The Hall–Kier alpha value is -1.84. The molecule has 0 saturated heterocycles. The molecular weight excluding hydrogens is 264 g/mol. The molecule has 21 heavy (non-hydrogen) atoms. The van der Waals surface area contributed by atoms with E-state index in [-0.39, 0.29) is 11.8 Å². The average molecular weight is 292 g/mol. The molecule has 4 nitrogen and oxygen atoms in total. The van der Waals surface area contributed by atoms with E-state index < -0.39 is 0 Å². The molecule has 0 aromatic heterocycles. The van der Waals surface area contributed by atoms with Gasteiger partial charge in [0.2, 0.25) is 5.91 Å². The van der Waals surface area contributed by atoms with Gasteiger partial charge in [-0.3, -0.25) is 9.59 Å².